The fraction of sp³-hybridized carbons (Fsp3) is 0.444. The van der Waals surface area contributed by atoms with Gasteiger partial charge in [0.15, 0.2) is 5.13 Å². The molecule has 1 aliphatic heterocycles. The predicted octanol–water partition coefficient (Wildman–Crippen LogP) is 0.414. The van der Waals surface area contributed by atoms with Gasteiger partial charge in [0.05, 0.1) is 0 Å². The van der Waals surface area contributed by atoms with E-state index in [1.165, 1.54) is 16.2 Å². The van der Waals surface area contributed by atoms with Gasteiger partial charge in [-0.15, -0.1) is 11.3 Å². The van der Waals surface area contributed by atoms with Gasteiger partial charge in [-0.05, 0) is 12.8 Å². The van der Waals surface area contributed by atoms with E-state index in [1.807, 2.05) is 0 Å². The molecule has 2 rings (SSSR count). The van der Waals surface area contributed by atoms with Crippen LogP contribution in [0.5, 0.6) is 0 Å². The van der Waals surface area contributed by atoms with E-state index in [1.54, 1.807) is 5.38 Å². The fourth-order valence-corrected chi connectivity index (χ4v) is 2.34. The van der Waals surface area contributed by atoms with Gasteiger partial charge >= 0.3 is 5.97 Å². The Balaban J connectivity index is 2.18. The molecule has 0 saturated carbocycles. The van der Waals surface area contributed by atoms with Crippen LogP contribution in [0.2, 0.25) is 0 Å². The summed E-state index contributed by atoms with van der Waals surface area (Å²) in [6.07, 6.45) is 1.21. The highest BCUT2D eigenvalue weighted by Gasteiger charge is 2.35. The maximum absolute atomic E-state index is 11.9. The Bertz CT molecular complexity index is 431. The molecule has 86 valence electrons. The minimum atomic E-state index is -0.964. The summed E-state index contributed by atoms with van der Waals surface area (Å²) in [6.45, 7) is 0.466. The molecule has 0 spiro atoms. The second kappa shape index (κ2) is 4.09. The van der Waals surface area contributed by atoms with E-state index >= 15 is 0 Å². The minimum Gasteiger partial charge on any atom is -0.480 e. The molecule has 0 radical (unpaired) electrons. The van der Waals surface area contributed by atoms with Crippen molar-refractivity contribution in [1.82, 2.24) is 9.88 Å². The molecule has 0 unspecified atom stereocenters. The first kappa shape index (κ1) is 10.9. The van der Waals surface area contributed by atoms with Gasteiger partial charge in [-0.1, -0.05) is 0 Å². The number of aliphatic carboxylic acids is 1. The molecular weight excluding hydrogens is 230 g/mol. The van der Waals surface area contributed by atoms with Crippen molar-refractivity contribution < 1.29 is 14.7 Å². The number of hydrogen-bond acceptors (Lipinski definition) is 5. The number of anilines is 1. The molecule has 0 aromatic carbocycles. The fourth-order valence-electron chi connectivity index (χ4n) is 1.80. The highest BCUT2D eigenvalue weighted by atomic mass is 32.1. The third-order valence-corrected chi connectivity index (χ3v) is 3.21. The Morgan fingerprint density at radius 3 is 2.94 bits per heavy atom. The predicted molar refractivity (Wildman–Crippen MR) is 58.2 cm³/mol. The summed E-state index contributed by atoms with van der Waals surface area (Å²) in [7, 11) is 0. The molecule has 0 bridgehead atoms. The molecule has 6 nitrogen and oxygen atoms in total. The zero-order valence-electron chi connectivity index (χ0n) is 8.42. The Kier molecular flexibility index (Phi) is 2.78. The second-order valence-corrected chi connectivity index (χ2v) is 4.46. The molecule has 2 heterocycles. The lowest BCUT2D eigenvalue weighted by Crippen LogP contribution is -2.40. The first-order valence-corrected chi connectivity index (χ1v) is 5.72. The van der Waals surface area contributed by atoms with Gasteiger partial charge < -0.3 is 15.7 Å². The van der Waals surface area contributed by atoms with Crippen LogP contribution in [0.1, 0.15) is 23.3 Å². The zero-order chi connectivity index (χ0) is 11.7. The number of carbonyl (C=O) groups is 2. The van der Waals surface area contributed by atoms with E-state index in [9.17, 15) is 9.59 Å². The van der Waals surface area contributed by atoms with Gasteiger partial charge in [0.2, 0.25) is 0 Å². The molecule has 3 N–H and O–H groups in total. The van der Waals surface area contributed by atoms with E-state index in [2.05, 4.69) is 4.98 Å². The third kappa shape index (κ3) is 1.85. The van der Waals surface area contributed by atoms with Crippen molar-refractivity contribution in [2.75, 3.05) is 12.3 Å². The van der Waals surface area contributed by atoms with Gasteiger partial charge in [0, 0.05) is 11.9 Å². The number of rotatable bonds is 2. The molecule has 1 atom stereocenters. The van der Waals surface area contributed by atoms with Crippen molar-refractivity contribution in [3.8, 4) is 0 Å². The van der Waals surface area contributed by atoms with Crippen molar-refractivity contribution >= 4 is 28.3 Å². The van der Waals surface area contributed by atoms with Crippen molar-refractivity contribution in [3.63, 3.8) is 0 Å². The van der Waals surface area contributed by atoms with Crippen molar-refractivity contribution in [3.05, 3.63) is 11.1 Å². The highest BCUT2D eigenvalue weighted by Crippen LogP contribution is 2.21. The summed E-state index contributed by atoms with van der Waals surface area (Å²) in [4.78, 5) is 28.0. The maximum Gasteiger partial charge on any atom is 0.326 e. The lowest BCUT2D eigenvalue weighted by molar-refractivity contribution is -0.141. The molecule has 7 heteroatoms. The van der Waals surface area contributed by atoms with E-state index < -0.39 is 12.0 Å². The lowest BCUT2D eigenvalue weighted by atomic mass is 10.2. The Morgan fingerprint density at radius 1 is 1.62 bits per heavy atom. The normalized spacial score (nSPS) is 20.0. The van der Waals surface area contributed by atoms with Crippen molar-refractivity contribution in [1.29, 1.82) is 0 Å². The first-order chi connectivity index (χ1) is 7.59. The van der Waals surface area contributed by atoms with Gasteiger partial charge in [-0.2, -0.15) is 0 Å². The molecule has 1 aromatic rings. The largest absolute Gasteiger partial charge is 0.480 e. The second-order valence-electron chi connectivity index (χ2n) is 3.57. The molecule has 1 amide bonds. The number of nitrogens with zero attached hydrogens (tertiary/aromatic N) is 2. The number of aromatic nitrogens is 1. The summed E-state index contributed by atoms with van der Waals surface area (Å²) >= 11 is 1.17. The lowest BCUT2D eigenvalue weighted by Gasteiger charge is -2.19. The summed E-state index contributed by atoms with van der Waals surface area (Å²) in [5.74, 6) is -1.31. The van der Waals surface area contributed by atoms with Gasteiger partial charge in [-0.25, -0.2) is 9.78 Å². The molecular formula is C9H11N3O3S. The monoisotopic (exact) mass is 241 g/mol. The molecule has 1 aromatic heterocycles. The van der Waals surface area contributed by atoms with E-state index in [-0.39, 0.29) is 11.6 Å². The standard InChI is InChI=1S/C9H11N3O3S/c10-9-11-5(4-16-9)7(13)12-3-1-2-6(12)8(14)15/h4,6H,1-3H2,(H2,10,11)(H,14,15)/t6-/m0/s1. The van der Waals surface area contributed by atoms with Crippen LogP contribution in [0.4, 0.5) is 5.13 Å². The van der Waals surface area contributed by atoms with Crippen LogP contribution in [0.25, 0.3) is 0 Å². The van der Waals surface area contributed by atoms with Crippen LogP contribution < -0.4 is 5.73 Å². The maximum atomic E-state index is 11.9. The van der Waals surface area contributed by atoms with Crippen molar-refractivity contribution in [2.24, 2.45) is 0 Å². The first-order valence-electron chi connectivity index (χ1n) is 4.84. The van der Waals surface area contributed by atoms with Gasteiger partial charge in [-0.3, -0.25) is 4.79 Å². The topological polar surface area (TPSA) is 96.5 Å². The van der Waals surface area contributed by atoms with Crippen LogP contribution in [0.15, 0.2) is 5.38 Å². The minimum absolute atomic E-state index is 0.232. The number of carboxylic acids is 1. The Hall–Kier alpha value is -1.63. The number of carbonyl (C=O) groups excluding carboxylic acids is 1. The van der Waals surface area contributed by atoms with Crippen LogP contribution in [0, 0.1) is 0 Å². The van der Waals surface area contributed by atoms with E-state index in [0.29, 0.717) is 24.5 Å². The number of likely N-dealkylation sites (tertiary alicyclic amines) is 1. The summed E-state index contributed by atoms with van der Waals surface area (Å²) in [5.41, 5.74) is 5.66. The van der Waals surface area contributed by atoms with E-state index in [0.717, 1.165) is 0 Å². The molecule has 16 heavy (non-hydrogen) atoms. The van der Waals surface area contributed by atoms with Gasteiger partial charge in [0.1, 0.15) is 11.7 Å². The van der Waals surface area contributed by atoms with Crippen LogP contribution in [-0.4, -0.2) is 39.5 Å². The smallest absolute Gasteiger partial charge is 0.326 e. The summed E-state index contributed by atoms with van der Waals surface area (Å²) in [6, 6.07) is -0.726. The highest BCUT2D eigenvalue weighted by molar-refractivity contribution is 7.13. The molecule has 0 aliphatic carbocycles. The van der Waals surface area contributed by atoms with Crippen LogP contribution >= 0.6 is 11.3 Å². The molecule has 1 aliphatic rings. The number of thiazole rings is 1. The zero-order valence-corrected chi connectivity index (χ0v) is 9.24. The van der Waals surface area contributed by atoms with Crippen LogP contribution in [0.3, 0.4) is 0 Å². The van der Waals surface area contributed by atoms with Gasteiger partial charge in [0.25, 0.3) is 5.91 Å². The Labute approximate surface area is 95.7 Å². The number of hydrogen-bond donors (Lipinski definition) is 2. The average molecular weight is 241 g/mol. The third-order valence-electron chi connectivity index (χ3n) is 2.54. The number of nitrogen functional groups attached to an aromatic ring is 1. The number of carboxylic acid groups (broad SMARTS) is 1. The van der Waals surface area contributed by atoms with E-state index in [4.69, 9.17) is 10.8 Å². The number of nitrogens with two attached hydrogens (primary N) is 1. The quantitative estimate of drug-likeness (QED) is 0.782. The number of amides is 1. The molecule has 1 saturated heterocycles. The summed E-state index contributed by atoms with van der Waals surface area (Å²) in [5, 5.41) is 10.8. The Morgan fingerprint density at radius 2 is 2.38 bits per heavy atom. The average Bonchev–Trinajstić information content (AvgIpc) is 2.84. The SMILES string of the molecule is Nc1nc(C(=O)N2CCC[C@H]2C(=O)O)cs1. The molecule has 1 fully saturated rings. The van der Waals surface area contributed by atoms with Crippen LogP contribution in [-0.2, 0) is 4.79 Å². The summed E-state index contributed by atoms with van der Waals surface area (Å²) < 4.78 is 0. The van der Waals surface area contributed by atoms with Crippen molar-refractivity contribution in [2.45, 2.75) is 18.9 Å².